The average molecular weight is 178 g/mol. The highest BCUT2D eigenvalue weighted by atomic mass is 16.5. The Morgan fingerprint density at radius 3 is 2.38 bits per heavy atom. The second kappa shape index (κ2) is 3.18. The number of carboxylic acid groups (broad SMARTS) is 1. The van der Waals surface area contributed by atoms with Gasteiger partial charge in [-0.25, -0.2) is 4.79 Å². The molecule has 1 aliphatic rings. The molecule has 0 aromatic heterocycles. The molecule has 1 aromatic rings. The van der Waals surface area contributed by atoms with Gasteiger partial charge in [-0.05, 0) is 17.7 Å². The largest absolute Gasteiger partial charge is 0.478 e. The molecule has 0 radical (unpaired) electrons. The van der Waals surface area contributed by atoms with E-state index in [4.69, 9.17) is 9.84 Å². The van der Waals surface area contributed by atoms with Gasteiger partial charge < -0.3 is 9.84 Å². The number of hydrogen-bond donors (Lipinski definition) is 1. The molecule has 1 aliphatic heterocycles. The molecule has 1 saturated heterocycles. The fourth-order valence-corrected chi connectivity index (χ4v) is 1.34. The Hall–Kier alpha value is -1.35. The van der Waals surface area contributed by atoms with Crippen molar-refractivity contribution in [2.75, 3.05) is 6.61 Å². The molecule has 1 heterocycles. The summed E-state index contributed by atoms with van der Waals surface area (Å²) in [5.74, 6) is -0.888. The van der Waals surface area contributed by atoms with Crippen molar-refractivity contribution in [1.29, 1.82) is 0 Å². The lowest BCUT2D eigenvalue weighted by Crippen LogP contribution is -2.18. The summed E-state index contributed by atoms with van der Waals surface area (Å²) in [4.78, 5) is 10.5. The van der Waals surface area contributed by atoms with Crippen LogP contribution in [0.3, 0.4) is 0 Å². The van der Waals surface area contributed by atoms with Gasteiger partial charge in [-0.15, -0.1) is 0 Å². The minimum atomic E-state index is -0.888. The van der Waals surface area contributed by atoms with Crippen molar-refractivity contribution in [2.24, 2.45) is 0 Å². The van der Waals surface area contributed by atoms with E-state index in [1.807, 2.05) is 12.1 Å². The lowest BCUT2D eigenvalue weighted by Gasteiger charge is -2.26. The smallest absolute Gasteiger partial charge is 0.335 e. The first-order valence-electron chi connectivity index (χ1n) is 4.22. The number of hydrogen-bond acceptors (Lipinski definition) is 2. The van der Waals surface area contributed by atoms with Crippen LogP contribution in [0.25, 0.3) is 0 Å². The highest BCUT2D eigenvalue weighted by molar-refractivity contribution is 5.87. The molecule has 1 unspecified atom stereocenters. The molecular weight excluding hydrogens is 168 g/mol. The summed E-state index contributed by atoms with van der Waals surface area (Å²) in [6.07, 6.45) is 1.22. The van der Waals surface area contributed by atoms with E-state index >= 15 is 0 Å². The van der Waals surface area contributed by atoms with Gasteiger partial charge in [-0.1, -0.05) is 12.1 Å². The molecule has 2 rings (SSSR count). The van der Waals surface area contributed by atoms with Crippen LogP contribution in [-0.4, -0.2) is 17.7 Å². The SMILES string of the molecule is O=C(O)c1ccc(C2CCO2)cc1. The molecule has 13 heavy (non-hydrogen) atoms. The second-order valence-corrected chi connectivity index (χ2v) is 3.08. The third kappa shape index (κ3) is 1.55. The Bertz CT molecular complexity index is 311. The summed E-state index contributed by atoms with van der Waals surface area (Å²) in [6.45, 7) is 0.811. The van der Waals surface area contributed by atoms with Gasteiger partial charge in [0.25, 0.3) is 0 Å². The maximum atomic E-state index is 10.5. The summed E-state index contributed by atoms with van der Waals surface area (Å²) in [6, 6.07) is 6.85. The van der Waals surface area contributed by atoms with Crippen molar-refractivity contribution in [3.05, 3.63) is 35.4 Å². The average Bonchev–Trinajstić information content (AvgIpc) is 2.02. The van der Waals surface area contributed by atoms with Gasteiger partial charge in [0.15, 0.2) is 0 Å². The first-order chi connectivity index (χ1) is 6.27. The number of aromatic carboxylic acids is 1. The normalized spacial score (nSPS) is 20.8. The van der Waals surface area contributed by atoms with Crippen LogP contribution in [0.1, 0.15) is 28.4 Å². The minimum absolute atomic E-state index is 0.183. The van der Waals surface area contributed by atoms with Crippen LogP contribution < -0.4 is 0 Å². The zero-order valence-corrected chi connectivity index (χ0v) is 7.06. The summed E-state index contributed by atoms with van der Waals surface area (Å²) in [5.41, 5.74) is 1.39. The molecule has 0 bridgehead atoms. The van der Waals surface area contributed by atoms with E-state index in [9.17, 15) is 4.79 Å². The van der Waals surface area contributed by atoms with Gasteiger partial charge in [-0.3, -0.25) is 0 Å². The van der Waals surface area contributed by atoms with Crippen molar-refractivity contribution < 1.29 is 14.6 Å². The zero-order valence-electron chi connectivity index (χ0n) is 7.06. The zero-order chi connectivity index (χ0) is 9.26. The van der Waals surface area contributed by atoms with Crippen molar-refractivity contribution >= 4 is 5.97 Å². The highest BCUT2D eigenvalue weighted by Gasteiger charge is 2.19. The molecule has 1 atom stereocenters. The molecule has 1 N–H and O–H groups in total. The number of carboxylic acids is 1. The number of benzene rings is 1. The predicted molar refractivity (Wildman–Crippen MR) is 46.7 cm³/mol. The van der Waals surface area contributed by atoms with Gasteiger partial charge in [-0.2, -0.15) is 0 Å². The van der Waals surface area contributed by atoms with Crippen molar-refractivity contribution in [2.45, 2.75) is 12.5 Å². The predicted octanol–water partition coefficient (Wildman–Crippen LogP) is 1.85. The second-order valence-electron chi connectivity index (χ2n) is 3.08. The molecule has 1 fully saturated rings. The van der Waals surface area contributed by atoms with Gasteiger partial charge >= 0.3 is 5.97 Å². The molecule has 0 amide bonds. The van der Waals surface area contributed by atoms with E-state index in [0.29, 0.717) is 5.56 Å². The highest BCUT2D eigenvalue weighted by Crippen LogP contribution is 2.28. The van der Waals surface area contributed by atoms with Crippen molar-refractivity contribution in [3.8, 4) is 0 Å². The van der Waals surface area contributed by atoms with Crippen LogP contribution in [0.4, 0.5) is 0 Å². The molecule has 3 nitrogen and oxygen atoms in total. The van der Waals surface area contributed by atoms with Gasteiger partial charge in [0, 0.05) is 6.42 Å². The number of rotatable bonds is 2. The maximum Gasteiger partial charge on any atom is 0.335 e. The van der Waals surface area contributed by atoms with E-state index in [1.165, 1.54) is 0 Å². The summed E-state index contributed by atoms with van der Waals surface area (Å²) < 4.78 is 5.27. The summed E-state index contributed by atoms with van der Waals surface area (Å²) in [5, 5.41) is 8.65. The summed E-state index contributed by atoms with van der Waals surface area (Å²) in [7, 11) is 0. The van der Waals surface area contributed by atoms with Crippen LogP contribution in [0.5, 0.6) is 0 Å². The van der Waals surface area contributed by atoms with E-state index in [1.54, 1.807) is 12.1 Å². The summed E-state index contributed by atoms with van der Waals surface area (Å²) >= 11 is 0. The molecule has 68 valence electrons. The first-order valence-corrected chi connectivity index (χ1v) is 4.22. The van der Waals surface area contributed by atoms with Crippen LogP contribution in [0.15, 0.2) is 24.3 Å². The molecule has 3 heteroatoms. The Labute approximate surface area is 76.0 Å². The Balaban J connectivity index is 2.17. The molecule has 0 saturated carbocycles. The third-order valence-electron chi connectivity index (χ3n) is 2.23. The van der Waals surface area contributed by atoms with E-state index < -0.39 is 5.97 Å². The van der Waals surface area contributed by atoms with Crippen molar-refractivity contribution in [3.63, 3.8) is 0 Å². The Morgan fingerprint density at radius 1 is 1.38 bits per heavy atom. The van der Waals surface area contributed by atoms with Gasteiger partial charge in [0.1, 0.15) is 0 Å². The Morgan fingerprint density at radius 2 is 2.00 bits per heavy atom. The Kier molecular flexibility index (Phi) is 2.02. The molecule has 0 spiro atoms. The van der Waals surface area contributed by atoms with Crippen LogP contribution in [0.2, 0.25) is 0 Å². The number of ether oxygens (including phenoxy) is 1. The lowest BCUT2D eigenvalue weighted by molar-refractivity contribution is -0.0527. The van der Waals surface area contributed by atoms with Gasteiger partial charge in [0.05, 0.1) is 18.3 Å². The van der Waals surface area contributed by atoms with Crippen LogP contribution in [0, 0.1) is 0 Å². The molecule has 0 aliphatic carbocycles. The van der Waals surface area contributed by atoms with E-state index in [0.717, 1.165) is 18.6 Å². The molecular formula is C10H10O3. The van der Waals surface area contributed by atoms with E-state index in [-0.39, 0.29) is 6.10 Å². The van der Waals surface area contributed by atoms with Crippen LogP contribution in [-0.2, 0) is 4.74 Å². The minimum Gasteiger partial charge on any atom is -0.478 e. The first kappa shape index (κ1) is 8.26. The lowest BCUT2D eigenvalue weighted by atomic mass is 10.0. The van der Waals surface area contributed by atoms with E-state index in [2.05, 4.69) is 0 Å². The van der Waals surface area contributed by atoms with Crippen molar-refractivity contribution in [1.82, 2.24) is 0 Å². The van der Waals surface area contributed by atoms with Crippen LogP contribution >= 0.6 is 0 Å². The number of carbonyl (C=O) groups is 1. The maximum absolute atomic E-state index is 10.5. The van der Waals surface area contributed by atoms with Gasteiger partial charge in [0.2, 0.25) is 0 Å². The fourth-order valence-electron chi connectivity index (χ4n) is 1.34. The quantitative estimate of drug-likeness (QED) is 0.751. The monoisotopic (exact) mass is 178 g/mol. The standard InChI is InChI=1S/C10H10O3/c11-10(12)8-3-1-7(2-4-8)9-5-6-13-9/h1-4,9H,5-6H2,(H,11,12). The topological polar surface area (TPSA) is 46.5 Å². The third-order valence-corrected chi connectivity index (χ3v) is 2.23. The molecule has 1 aromatic carbocycles. The fraction of sp³-hybridized carbons (Fsp3) is 0.300.